The Hall–Kier alpha value is -0.630. The zero-order valence-electron chi connectivity index (χ0n) is 19.3. The highest BCUT2D eigenvalue weighted by Crippen LogP contribution is 2.59. The minimum absolute atomic E-state index is 0.240. The van der Waals surface area contributed by atoms with Gasteiger partial charge in [-0.2, -0.15) is 0 Å². The number of hydrogen-bond donors (Lipinski definition) is 1. The number of hydrogen-bond acceptors (Lipinski definition) is 2. The van der Waals surface area contributed by atoms with E-state index in [0.29, 0.717) is 18.3 Å². The SMILES string of the molecule is CCC(CCC(C)C1CCC2C1CCC1C3CCC(=O)C=C3C(O)CC12)C(C)C. The lowest BCUT2D eigenvalue weighted by atomic mass is 9.54. The Bertz CT molecular complexity index is 620. The van der Waals surface area contributed by atoms with Gasteiger partial charge in [-0.05, 0) is 110 Å². The molecule has 0 aromatic rings. The molecule has 0 heterocycles. The van der Waals surface area contributed by atoms with Crippen molar-refractivity contribution in [3.63, 3.8) is 0 Å². The van der Waals surface area contributed by atoms with E-state index in [2.05, 4.69) is 27.7 Å². The molecule has 0 radical (unpaired) electrons. The molecule has 3 fully saturated rings. The smallest absolute Gasteiger partial charge is 0.155 e. The minimum Gasteiger partial charge on any atom is -0.389 e. The van der Waals surface area contributed by atoms with Crippen molar-refractivity contribution in [2.45, 2.75) is 98.0 Å². The van der Waals surface area contributed by atoms with Crippen molar-refractivity contribution in [2.75, 3.05) is 0 Å². The second-order valence-electron chi connectivity index (χ2n) is 11.4. The molecular weight excluding hydrogens is 356 g/mol. The number of carbonyl (C=O) groups excluding carboxylic acids is 1. The van der Waals surface area contributed by atoms with Gasteiger partial charge in [-0.15, -0.1) is 0 Å². The first-order valence-corrected chi connectivity index (χ1v) is 12.8. The third kappa shape index (κ3) is 4.12. The number of carbonyl (C=O) groups is 1. The second kappa shape index (κ2) is 8.85. The molecule has 4 aliphatic carbocycles. The summed E-state index contributed by atoms with van der Waals surface area (Å²) in [4.78, 5) is 11.9. The average molecular weight is 401 g/mol. The second-order valence-corrected chi connectivity index (χ2v) is 11.4. The highest BCUT2D eigenvalue weighted by molar-refractivity contribution is 5.91. The summed E-state index contributed by atoms with van der Waals surface area (Å²) in [6.45, 7) is 9.68. The predicted molar refractivity (Wildman–Crippen MR) is 119 cm³/mol. The van der Waals surface area contributed by atoms with Gasteiger partial charge in [0, 0.05) is 6.42 Å². The summed E-state index contributed by atoms with van der Waals surface area (Å²) in [6.07, 6.45) is 13.8. The molecule has 0 saturated heterocycles. The van der Waals surface area contributed by atoms with Crippen LogP contribution >= 0.6 is 0 Å². The Kier molecular flexibility index (Phi) is 6.59. The Labute approximate surface area is 178 Å². The van der Waals surface area contributed by atoms with E-state index >= 15 is 0 Å². The molecule has 4 rings (SSSR count). The molecule has 0 aromatic heterocycles. The zero-order chi connectivity index (χ0) is 20.7. The molecular formula is C27H44O2. The molecule has 164 valence electrons. The maximum absolute atomic E-state index is 11.9. The van der Waals surface area contributed by atoms with Crippen LogP contribution in [-0.4, -0.2) is 17.0 Å². The van der Waals surface area contributed by atoms with Crippen LogP contribution in [0.2, 0.25) is 0 Å². The number of ketones is 1. The van der Waals surface area contributed by atoms with Crippen LogP contribution in [-0.2, 0) is 4.79 Å². The highest BCUT2D eigenvalue weighted by atomic mass is 16.3. The summed E-state index contributed by atoms with van der Waals surface area (Å²) in [5.41, 5.74) is 1.10. The van der Waals surface area contributed by atoms with E-state index < -0.39 is 0 Å². The van der Waals surface area contributed by atoms with Gasteiger partial charge in [0.2, 0.25) is 0 Å². The molecule has 4 aliphatic rings. The first-order valence-electron chi connectivity index (χ1n) is 12.8. The van der Waals surface area contributed by atoms with Gasteiger partial charge in [0.1, 0.15) is 0 Å². The van der Waals surface area contributed by atoms with E-state index in [0.717, 1.165) is 59.8 Å². The van der Waals surface area contributed by atoms with Crippen LogP contribution in [0, 0.1) is 53.3 Å². The molecule has 9 atom stereocenters. The zero-order valence-corrected chi connectivity index (χ0v) is 19.3. The first-order chi connectivity index (χ1) is 13.9. The van der Waals surface area contributed by atoms with Gasteiger partial charge in [-0.1, -0.05) is 40.5 Å². The van der Waals surface area contributed by atoms with Crippen LogP contribution in [0.3, 0.4) is 0 Å². The molecule has 0 bridgehead atoms. The Balaban J connectivity index is 1.41. The van der Waals surface area contributed by atoms with Crippen molar-refractivity contribution in [3.8, 4) is 0 Å². The highest BCUT2D eigenvalue weighted by Gasteiger charge is 2.52. The summed E-state index contributed by atoms with van der Waals surface area (Å²) < 4.78 is 0. The minimum atomic E-state index is -0.350. The molecule has 9 unspecified atom stereocenters. The van der Waals surface area contributed by atoms with Crippen molar-refractivity contribution in [1.29, 1.82) is 0 Å². The normalized spacial score (nSPS) is 41.4. The average Bonchev–Trinajstić information content (AvgIpc) is 3.13. The molecule has 0 aliphatic heterocycles. The van der Waals surface area contributed by atoms with Gasteiger partial charge >= 0.3 is 0 Å². The Morgan fingerprint density at radius 1 is 0.966 bits per heavy atom. The van der Waals surface area contributed by atoms with E-state index in [-0.39, 0.29) is 11.9 Å². The fourth-order valence-electron chi connectivity index (χ4n) is 8.29. The third-order valence-electron chi connectivity index (χ3n) is 9.91. The van der Waals surface area contributed by atoms with Crippen molar-refractivity contribution in [2.24, 2.45) is 53.3 Å². The number of fused-ring (bicyclic) bond motifs is 5. The van der Waals surface area contributed by atoms with Crippen molar-refractivity contribution in [1.82, 2.24) is 0 Å². The van der Waals surface area contributed by atoms with E-state index in [1.54, 1.807) is 0 Å². The summed E-state index contributed by atoms with van der Waals surface area (Å²) >= 11 is 0. The van der Waals surface area contributed by atoms with E-state index in [4.69, 9.17) is 0 Å². The van der Waals surface area contributed by atoms with E-state index in [1.165, 1.54) is 44.9 Å². The summed E-state index contributed by atoms with van der Waals surface area (Å²) in [5, 5.41) is 10.9. The van der Waals surface area contributed by atoms with Crippen molar-refractivity contribution in [3.05, 3.63) is 11.6 Å². The Morgan fingerprint density at radius 2 is 1.69 bits per heavy atom. The molecule has 0 spiro atoms. The van der Waals surface area contributed by atoms with Crippen molar-refractivity contribution < 1.29 is 9.90 Å². The first kappa shape index (κ1) is 21.6. The van der Waals surface area contributed by atoms with Gasteiger partial charge in [0.25, 0.3) is 0 Å². The van der Waals surface area contributed by atoms with Crippen LogP contribution in [0.25, 0.3) is 0 Å². The molecule has 29 heavy (non-hydrogen) atoms. The number of aliphatic hydroxyl groups is 1. The quantitative estimate of drug-likeness (QED) is 0.558. The largest absolute Gasteiger partial charge is 0.389 e. The fraction of sp³-hybridized carbons (Fsp3) is 0.889. The monoisotopic (exact) mass is 400 g/mol. The molecule has 1 N–H and O–H groups in total. The predicted octanol–water partition coefficient (Wildman–Crippen LogP) is 6.42. The van der Waals surface area contributed by atoms with Gasteiger partial charge < -0.3 is 5.11 Å². The molecule has 0 aromatic carbocycles. The lowest BCUT2D eigenvalue weighted by molar-refractivity contribution is -0.116. The number of rotatable bonds is 6. The number of aliphatic hydroxyl groups excluding tert-OH is 1. The van der Waals surface area contributed by atoms with Gasteiger partial charge in [0.05, 0.1) is 6.10 Å². The van der Waals surface area contributed by atoms with E-state index in [1.807, 2.05) is 6.08 Å². The van der Waals surface area contributed by atoms with Gasteiger partial charge in [0.15, 0.2) is 5.78 Å². The summed E-state index contributed by atoms with van der Waals surface area (Å²) in [6, 6.07) is 0. The van der Waals surface area contributed by atoms with Crippen LogP contribution in [0.4, 0.5) is 0 Å². The molecule has 2 nitrogen and oxygen atoms in total. The van der Waals surface area contributed by atoms with Gasteiger partial charge in [-0.3, -0.25) is 4.79 Å². The maximum atomic E-state index is 11.9. The summed E-state index contributed by atoms with van der Waals surface area (Å²) in [5.74, 6) is 7.37. The lowest BCUT2D eigenvalue weighted by Crippen LogP contribution is -2.46. The third-order valence-corrected chi connectivity index (χ3v) is 9.91. The summed E-state index contributed by atoms with van der Waals surface area (Å²) in [7, 11) is 0. The van der Waals surface area contributed by atoms with Crippen LogP contribution in [0.15, 0.2) is 11.6 Å². The van der Waals surface area contributed by atoms with Crippen molar-refractivity contribution >= 4 is 5.78 Å². The molecule has 3 saturated carbocycles. The standard InChI is InChI=1S/C27H44O2/c1-5-18(16(2)3)7-6-17(4)20-10-11-22-21(20)12-13-23-24-9-8-19(28)14-26(24)27(29)15-25(22)23/h14,16-18,20-25,27,29H,5-13,15H2,1-4H3. The van der Waals surface area contributed by atoms with Crippen LogP contribution in [0.1, 0.15) is 91.9 Å². The molecule has 2 heteroatoms. The lowest BCUT2D eigenvalue weighted by Gasteiger charge is -2.51. The maximum Gasteiger partial charge on any atom is 0.155 e. The van der Waals surface area contributed by atoms with Crippen LogP contribution < -0.4 is 0 Å². The topological polar surface area (TPSA) is 37.3 Å². The van der Waals surface area contributed by atoms with E-state index in [9.17, 15) is 9.90 Å². The van der Waals surface area contributed by atoms with Crippen LogP contribution in [0.5, 0.6) is 0 Å². The molecule has 0 amide bonds. The Morgan fingerprint density at radius 3 is 2.41 bits per heavy atom. The van der Waals surface area contributed by atoms with Gasteiger partial charge in [-0.25, -0.2) is 0 Å². The fourth-order valence-corrected chi connectivity index (χ4v) is 8.29.